The molecular formula is C19H20N4O3S. The number of carbonyl (C=O) groups is 2. The number of rotatable bonds is 6. The lowest BCUT2D eigenvalue weighted by atomic mass is 10.0. The fourth-order valence-electron chi connectivity index (χ4n) is 2.88. The lowest BCUT2D eigenvalue weighted by molar-refractivity contribution is 0.0599. The van der Waals surface area contributed by atoms with Gasteiger partial charge in [-0.1, -0.05) is 55.0 Å². The molecule has 0 radical (unpaired) electrons. The van der Waals surface area contributed by atoms with Crippen molar-refractivity contribution in [3.05, 3.63) is 52.8 Å². The van der Waals surface area contributed by atoms with Gasteiger partial charge in [0.1, 0.15) is 10.7 Å². The number of methoxy groups -OCH3 is 1. The van der Waals surface area contributed by atoms with E-state index in [1.54, 1.807) is 6.92 Å². The Kier molecular flexibility index (Phi) is 5.66. The number of amides is 1. The maximum atomic E-state index is 12.8. The van der Waals surface area contributed by atoms with E-state index < -0.39 is 5.97 Å². The normalized spacial score (nSPS) is 10.6. The van der Waals surface area contributed by atoms with Crippen molar-refractivity contribution in [2.45, 2.75) is 26.7 Å². The van der Waals surface area contributed by atoms with Gasteiger partial charge in [-0.25, -0.2) is 4.79 Å². The third kappa shape index (κ3) is 3.90. The highest BCUT2D eigenvalue weighted by Crippen LogP contribution is 2.27. The van der Waals surface area contributed by atoms with Crippen molar-refractivity contribution in [1.82, 2.24) is 15.2 Å². The first-order valence-electron chi connectivity index (χ1n) is 8.55. The van der Waals surface area contributed by atoms with E-state index in [1.807, 2.05) is 37.3 Å². The maximum absolute atomic E-state index is 12.8. The first-order valence-corrected chi connectivity index (χ1v) is 9.36. The molecule has 0 aliphatic rings. The van der Waals surface area contributed by atoms with Gasteiger partial charge in [-0.05, 0) is 18.9 Å². The van der Waals surface area contributed by atoms with Gasteiger partial charge in [0.2, 0.25) is 5.13 Å². The Morgan fingerprint density at radius 1 is 1.22 bits per heavy atom. The number of nitrogens with zero attached hydrogens (tertiary/aromatic N) is 2. The van der Waals surface area contributed by atoms with Crippen LogP contribution < -0.4 is 5.32 Å². The molecule has 7 nitrogen and oxygen atoms in total. The zero-order valence-corrected chi connectivity index (χ0v) is 16.1. The van der Waals surface area contributed by atoms with Gasteiger partial charge >= 0.3 is 5.97 Å². The molecule has 3 aromatic rings. The van der Waals surface area contributed by atoms with E-state index in [-0.39, 0.29) is 5.91 Å². The number of aryl methyl sites for hydroxylation is 1. The van der Waals surface area contributed by atoms with Crippen LogP contribution >= 0.6 is 11.3 Å². The molecule has 8 heteroatoms. The SMILES string of the molecule is CCCc1c(C(=O)Nc2nnc(-c3ccccc3)s2)[nH]c(C)c1C(=O)OC. The summed E-state index contributed by atoms with van der Waals surface area (Å²) in [5.74, 6) is -0.805. The molecule has 0 unspecified atom stereocenters. The lowest BCUT2D eigenvalue weighted by Gasteiger charge is -2.05. The largest absolute Gasteiger partial charge is 0.465 e. The second kappa shape index (κ2) is 8.13. The second-order valence-electron chi connectivity index (χ2n) is 5.95. The molecule has 2 aromatic heterocycles. The Morgan fingerprint density at radius 2 is 1.96 bits per heavy atom. The van der Waals surface area contributed by atoms with Gasteiger partial charge < -0.3 is 9.72 Å². The summed E-state index contributed by atoms with van der Waals surface area (Å²) in [6.45, 7) is 3.74. The second-order valence-corrected chi connectivity index (χ2v) is 6.93. The molecule has 0 atom stereocenters. The summed E-state index contributed by atoms with van der Waals surface area (Å²) in [5.41, 5.74) is 2.98. The minimum absolute atomic E-state index is 0.353. The number of esters is 1. The maximum Gasteiger partial charge on any atom is 0.339 e. The van der Waals surface area contributed by atoms with Crippen molar-refractivity contribution in [2.24, 2.45) is 0 Å². The van der Waals surface area contributed by atoms with Crippen LogP contribution in [-0.4, -0.2) is 34.2 Å². The number of aromatic amines is 1. The zero-order chi connectivity index (χ0) is 19.4. The van der Waals surface area contributed by atoms with E-state index in [1.165, 1.54) is 18.4 Å². The van der Waals surface area contributed by atoms with Crippen molar-refractivity contribution >= 4 is 28.3 Å². The summed E-state index contributed by atoms with van der Waals surface area (Å²) in [5, 5.41) is 12.1. The molecule has 0 fully saturated rings. The van der Waals surface area contributed by atoms with E-state index in [4.69, 9.17) is 4.74 Å². The lowest BCUT2D eigenvalue weighted by Crippen LogP contribution is -2.15. The number of H-pyrrole nitrogens is 1. The number of hydrogen-bond acceptors (Lipinski definition) is 6. The van der Waals surface area contributed by atoms with Crippen molar-refractivity contribution < 1.29 is 14.3 Å². The topological polar surface area (TPSA) is 97.0 Å². The standard InChI is InChI=1S/C19H20N4O3S/c1-4-8-13-14(18(25)26-3)11(2)20-15(13)16(24)21-19-23-22-17(27-19)12-9-6-5-7-10-12/h5-7,9-10,20H,4,8H2,1-3H3,(H,21,23,24). The summed E-state index contributed by atoms with van der Waals surface area (Å²) in [6, 6.07) is 9.63. The van der Waals surface area contributed by atoms with Crippen LogP contribution in [-0.2, 0) is 11.2 Å². The third-order valence-corrected chi connectivity index (χ3v) is 4.96. The van der Waals surface area contributed by atoms with Gasteiger partial charge in [-0.3, -0.25) is 10.1 Å². The minimum atomic E-state index is -0.450. The van der Waals surface area contributed by atoms with Gasteiger partial charge in [0.25, 0.3) is 5.91 Å². The van der Waals surface area contributed by atoms with Gasteiger partial charge in [-0.2, -0.15) is 0 Å². The Balaban J connectivity index is 1.86. The van der Waals surface area contributed by atoms with E-state index in [0.717, 1.165) is 17.0 Å². The van der Waals surface area contributed by atoms with Gasteiger partial charge in [0.15, 0.2) is 0 Å². The molecule has 1 amide bonds. The average Bonchev–Trinajstić information content (AvgIpc) is 3.27. The molecular weight excluding hydrogens is 364 g/mol. The van der Waals surface area contributed by atoms with E-state index in [2.05, 4.69) is 20.5 Å². The Labute approximate surface area is 160 Å². The van der Waals surface area contributed by atoms with Crippen molar-refractivity contribution in [3.8, 4) is 10.6 Å². The molecule has 0 saturated heterocycles. The smallest absolute Gasteiger partial charge is 0.339 e. The molecule has 0 saturated carbocycles. The number of ether oxygens (including phenoxy) is 1. The Hall–Kier alpha value is -3.00. The number of anilines is 1. The fourth-order valence-corrected chi connectivity index (χ4v) is 3.62. The van der Waals surface area contributed by atoms with E-state index in [0.29, 0.717) is 34.1 Å². The molecule has 27 heavy (non-hydrogen) atoms. The first kappa shape index (κ1) is 18.8. The molecule has 0 bridgehead atoms. The summed E-state index contributed by atoms with van der Waals surface area (Å²) in [4.78, 5) is 27.9. The van der Waals surface area contributed by atoms with Crippen molar-refractivity contribution in [2.75, 3.05) is 12.4 Å². The summed E-state index contributed by atoms with van der Waals surface area (Å²) in [7, 11) is 1.33. The molecule has 1 aromatic carbocycles. The molecule has 140 valence electrons. The number of nitrogens with one attached hydrogen (secondary N) is 2. The van der Waals surface area contributed by atoms with Crippen LogP contribution in [0.15, 0.2) is 30.3 Å². The van der Waals surface area contributed by atoms with Crippen LogP contribution in [0, 0.1) is 6.92 Å². The predicted molar refractivity (Wildman–Crippen MR) is 104 cm³/mol. The Bertz CT molecular complexity index is 963. The zero-order valence-electron chi connectivity index (χ0n) is 15.3. The van der Waals surface area contributed by atoms with Crippen LogP contribution in [0.3, 0.4) is 0 Å². The van der Waals surface area contributed by atoms with Crippen LogP contribution in [0.1, 0.15) is 45.4 Å². The quantitative estimate of drug-likeness (QED) is 0.630. The number of benzene rings is 1. The van der Waals surface area contributed by atoms with E-state index >= 15 is 0 Å². The molecule has 2 N–H and O–H groups in total. The van der Waals surface area contributed by atoms with E-state index in [9.17, 15) is 9.59 Å². The summed E-state index contributed by atoms with van der Waals surface area (Å²) in [6.07, 6.45) is 1.38. The molecule has 0 spiro atoms. The first-order chi connectivity index (χ1) is 13.0. The van der Waals surface area contributed by atoms with Crippen molar-refractivity contribution in [3.63, 3.8) is 0 Å². The molecule has 0 aliphatic carbocycles. The van der Waals surface area contributed by atoms with Crippen LogP contribution in [0.5, 0.6) is 0 Å². The highest BCUT2D eigenvalue weighted by atomic mass is 32.1. The fraction of sp³-hybridized carbons (Fsp3) is 0.263. The van der Waals surface area contributed by atoms with Gasteiger partial charge in [0, 0.05) is 11.3 Å². The number of hydrogen-bond donors (Lipinski definition) is 2. The van der Waals surface area contributed by atoms with Gasteiger partial charge in [-0.15, -0.1) is 10.2 Å². The highest BCUT2D eigenvalue weighted by Gasteiger charge is 2.25. The highest BCUT2D eigenvalue weighted by molar-refractivity contribution is 7.18. The molecule has 3 rings (SSSR count). The number of carbonyl (C=O) groups excluding carboxylic acids is 2. The summed E-state index contributed by atoms with van der Waals surface area (Å²) >= 11 is 1.29. The third-order valence-electron chi connectivity index (χ3n) is 4.07. The summed E-state index contributed by atoms with van der Waals surface area (Å²) < 4.78 is 4.86. The van der Waals surface area contributed by atoms with Crippen molar-refractivity contribution in [1.29, 1.82) is 0 Å². The van der Waals surface area contributed by atoms with Crippen LogP contribution in [0.25, 0.3) is 10.6 Å². The van der Waals surface area contributed by atoms with Crippen LogP contribution in [0.4, 0.5) is 5.13 Å². The Morgan fingerprint density at radius 3 is 2.63 bits per heavy atom. The van der Waals surface area contributed by atoms with Gasteiger partial charge in [0.05, 0.1) is 12.7 Å². The average molecular weight is 384 g/mol. The predicted octanol–water partition coefficient (Wildman–Crippen LogP) is 3.83. The number of aromatic nitrogens is 3. The molecule has 2 heterocycles. The molecule has 0 aliphatic heterocycles. The monoisotopic (exact) mass is 384 g/mol. The minimum Gasteiger partial charge on any atom is -0.465 e. The van der Waals surface area contributed by atoms with Crippen LogP contribution in [0.2, 0.25) is 0 Å².